The van der Waals surface area contributed by atoms with E-state index in [4.69, 9.17) is 5.73 Å². The van der Waals surface area contributed by atoms with Gasteiger partial charge in [-0.1, -0.05) is 18.2 Å². The Labute approximate surface area is 119 Å². The Bertz CT molecular complexity index is 842. The number of amides is 1. The first-order valence-corrected chi connectivity index (χ1v) is 6.21. The van der Waals surface area contributed by atoms with E-state index in [0.717, 1.165) is 5.39 Å². The number of benzene rings is 2. The highest BCUT2D eigenvalue weighted by Gasteiger charge is 2.14. The predicted molar refractivity (Wildman–Crippen MR) is 75.6 cm³/mol. The highest BCUT2D eigenvalue weighted by molar-refractivity contribution is 6.05. The minimum absolute atomic E-state index is 0.0751. The zero-order chi connectivity index (χ0) is 15.0. The van der Waals surface area contributed by atoms with Crippen LogP contribution >= 0.6 is 0 Å². The van der Waals surface area contributed by atoms with Gasteiger partial charge in [0.05, 0.1) is 5.56 Å². The van der Waals surface area contributed by atoms with Crippen molar-refractivity contribution >= 4 is 16.7 Å². The lowest BCUT2D eigenvalue weighted by atomic mass is 9.99. The molecule has 3 nitrogen and oxygen atoms in total. The maximum absolute atomic E-state index is 13.8. The molecule has 0 aliphatic heterocycles. The average Bonchev–Trinajstić information content (AvgIpc) is 2.46. The zero-order valence-corrected chi connectivity index (χ0v) is 10.8. The summed E-state index contributed by atoms with van der Waals surface area (Å²) in [4.78, 5) is 15.3. The number of nitrogens with two attached hydrogens (primary N) is 1. The number of rotatable bonds is 2. The van der Waals surface area contributed by atoms with Crippen molar-refractivity contribution in [3.63, 3.8) is 0 Å². The van der Waals surface area contributed by atoms with Gasteiger partial charge in [0.25, 0.3) is 5.91 Å². The second-order valence-corrected chi connectivity index (χ2v) is 4.56. The Morgan fingerprint density at radius 1 is 1.05 bits per heavy atom. The number of nitrogens with zero attached hydrogens (tertiary/aromatic N) is 1. The molecule has 5 heteroatoms. The van der Waals surface area contributed by atoms with Crippen LogP contribution in [0.2, 0.25) is 0 Å². The molecule has 3 aromatic rings. The van der Waals surface area contributed by atoms with Gasteiger partial charge in [-0.05, 0) is 35.2 Å². The summed E-state index contributed by atoms with van der Waals surface area (Å²) in [6.07, 6.45) is 1.46. The van der Waals surface area contributed by atoms with Crippen molar-refractivity contribution in [2.45, 2.75) is 0 Å². The van der Waals surface area contributed by atoms with Gasteiger partial charge >= 0.3 is 0 Å². The van der Waals surface area contributed by atoms with E-state index >= 15 is 0 Å². The Hall–Kier alpha value is -2.82. The van der Waals surface area contributed by atoms with E-state index in [1.165, 1.54) is 30.5 Å². The third kappa shape index (κ3) is 2.23. The molecule has 2 aromatic carbocycles. The molecule has 0 unspecified atom stereocenters. The third-order valence-electron chi connectivity index (χ3n) is 3.25. The van der Waals surface area contributed by atoms with Crippen molar-refractivity contribution in [1.82, 2.24) is 4.98 Å². The molecule has 0 saturated carbocycles. The second-order valence-electron chi connectivity index (χ2n) is 4.56. The van der Waals surface area contributed by atoms with Crippen LogP contribution in [0, 0.1) is 11.6 Å². The molecule has 21 heavy (non-hydrogen) atoms. The van der Waals surface area contributed by atoms with Crippen molar-refractivity contribution < 1.29 is 13.6 Å². The van der Waals surface area contributed by atoms with Gasteiger partial charge in [0.1, 0.15) is 17.3 Å². The SMILES string of the molecule is NC(=O)c1nccc2ccc(-c3c(F)cccc3F)cc12. The number of carbonyl (C=O) groups is 1. The third-order valence-corrected chi connectivity index (χ3v) is 3.25. The molecular weight excluding hydrogens is 274 g/mol. The van der Waals surface area contributed by atoms with Crippen LogP contribution in [0.25, 0.3) is 21.9 Å². The molecule has 0 atom stereocenters. The predicted octanol–water partition coefficient (Wildman–Crippen LogP) is 3.28. The Morgan fingerprint density at radius 3 is 2.43 bits per heavy atom. The Balaban J connectivity index is 2.31. The molecule has 1 heterocycles. The number of hydrogen-bond donors (Lipinski definition) is 1. The molecular formula is C16H10F2N2O. The summed E-state index contributed by atoms with van der Waals surface area (Å²) < 4.78 is 27.7. The molecule has 1 aromatic heterocycles. The summed E-state index contributed by atoms with van der Waals surface area (Å²) >= 11 is 0. The van der Waals surface area contributed by atoms with Gasteiger partial charge in [-0.15, -0.1) is 0 Å². The second kappa shape index (κ2) is 4.94. The largest absolute Gasteiger partial charge is 0.364 e. The van der Waals surface area contributed by atoms with Crippen molar-refractivity contribution in [2.75, 3.05) is 0 Å². The number of aromatic nitrogens is 1. The summed E-state index contributed by atoms with van der Waals surface area (Å²) in [6, 6.07) is 10.1. The summed E-state index contributed by atoms with van der Waals surface area (Å²) in [7, 11) is 0. The van der Waals surface area contributed by atoms with Crippen molar-refractivity contribution in [3.05, 3.63) is 66.0 Å². The monoisotopic (exact) mass is 284 g/mol. The number of carbonyl (C=O) groups excluding carboxylic acids is 1. The van der Waals surface area contributed by atoms with Crippen molar-refractivity contribution in [3.8, 4) is 11.1 Å². The average molecular weight is 284 g/mol. The molecule has 0 aliphatic rings. The zero-order valence-electron chi connectivity index (χ0n) is 10.8. The maximum atomic E-state index is 13.8. The van der Waals surface area contributed by atoms with E-state index in [0.29, 0.717) is 10.9 Å². The van der Waals surface area contributed by atoms with E-state index in [2.05, 4.69) is 4.98 Å². The van der Waals surface area contributed by atoms with Gasteiger partial charge < -0.3 is 5.73 Å². The number of primary amides is 1. The van der Waals surface area contributed by atoms with E-state index in [1.54, 1.807) is 18.2 Å². The molecule has 0 radical (unpaired) electrons. The highest BCUT2D eigenvalue weighted by Crippen LogP contribution is 2.29. The van der Waals surface area contributed by atoms with E-state index < -0.39 is 17.5 Å². The lowest BCUT2D eigenvalue weighted by Crippen LogP contribution is -2.13. The fourth-order valence-electron chi connectivity index (χ4n) is 2.29. The normalized spacial score (nSPS) is 10.8. The van der Waals surface area contributed by atoms with Gasteiger partial charge in [-0.25, -0.2) is 8.78 Å². The molecule has 0 spiro atoms. The van der Waals surface area contributed by atoms with Crippen LogP contribution in [0.5, 0.6) is 0 Å². The lowest BCUT2D eigenvalue weighted by Gasteiger charge is -2.08. The Kier molecular flexibility index (Phi) is 3.10. The first kappa shape index (κ1) is 13.2. The fraction of sp³-hybridized carbons (Fsp3) is 0. The minimum Gasteiger partial charge on any atom is -0.364 e. The molecule has 2 N–H and O–H groups in total. The first-order chi connectivity index (χ1) is 10.1. The smallest absolute Gasteiger partial charge is 0.267 e. The molecule has 0 bridgehead atoms. The number of fused-ring (bicyclic) bond motifs is 1. The molecule has 3 rings (SSSR count). The Morgan fingerprint density at radius 2 is 1.76 bits per heavy atom. The van der Waals surface area contributed by atoms with Crippen LogP contribution in [0.15, 0.2) is 48.7 Å². The van der Waals surface area contributed by atoms with Gasteiger partial charge in [0, 0.05) is 11.6 Å². The van der Waals surface area contributed by atoms with Crippen LogP contribution in [0.3, 0.4) is 0 Å². The van der Waals surface area contributed by atoms with Crippen molar-refractivity contribution in [1.29, 1.82) is 0 Å². The summed E-state index contributed by atoms with van der Waals surface area (Å²) in [5.41, 5.74) is 5.54. The molecule has 0 saturated heterocycles. The number of halogens is 2. The maximum Gasteiger partial charge on any atom is 0.267 e. The highest BCUT2D eigenvalue weighted by atomic mass is 19.1. The molecule has 1 amide bonds. The molecule has 0 fully saturated rings. The lowest BCUT2D eigenvalue weighted by molar-refractivity contribution is 0.0997. The van der Waals surface area contributed by atoms with E-state index in [9.17, 15) is 13.6 Å². The minimum atomic E-state index is -0.688. The van der Waals surface area contributed by atoms with Gasteiger partial charge in [-0.2, -0.15) is 0 Å². The van der Waals surface area contributed by atoms with Crippen LogP contribution in [0.1, 0.15) is 10.5 Å². The summed E-state index contributed by atoms with van der Waals surface area (Å²) in [5.74, 6) is -2.02. The van der Waals surface area contributed by atoms with E-state index in [1.807, 2.05) is 0 Å². The topological polar surface area (TPSA) is 56.0 Å². The van der Waals surface area contributed by atoms with Gasteiger partial charge in [0.15, 0.2) is 0 Å². The fourth-order valence-corrected chi connectivity index (χ4v) is 2.29. The summed E-state index contributed by atoms with van der Waals surface area (Å²) in [6.45, 7) is 0. The standard InChI is InChI=1S/C16H10F2N2O/c17-12-2-1-3-13(18)14(12)10-5-4-9-6-7-20-15(16(19)21)11(9)8-10/h1-8H,(H2,19,21). The first-order valence-electron chi connectivity index (χ1n) is 6.21. The van der Waals surface area contributed by atoms with Crippen molar-refractivity contribution in [2.24, 2.45) is 5.73 Å². The molecule has 104 valence electrons. The van der Waals surface area contributed by atoms with Gasteiger partial charge in [-0.3, -0.25) is 9.78 Å². The quantitative estimate of drug-likeness (QED) is 0.785. The molecule has 0 aliphatic carbocycles. The van der Waals surface area contributed by atoms with Crippen LogP contribution in [0.4, 0.5) is 8.78 Å². The van der Waals surface area contributed by atoms with Gasteiger partial charge in [0.2, 0.25) is 0 Å². The van der Waals surface area contributed by atoms with Crippen LogP contribution < -0.4 is 5.73 Å². The summed E-state index contributed by atoms with van der Waals surface area (Å²) in [5, 5.41) is 1.18. The van der Waals surface area contributed by atoms with Crippen LogP contribution in [-0.2, 0) is 0 Å². The van der Waals surface area contributed by atoms with Crippen LogP contribution in [-0.4, -0.2) is 10.9 Å². The van der Waals surface area contributed by atoms with E-state index in [-0.39, 0.29) is 11.3 Å². The number of hydrogen-bond acceptors (Lipinski definition) is 2. The number of pyridine rings is 1.